The maximum atomic E-state index is 13.1. The first-order valence-electron chi connectivity index (χ1n) is 8.80. The topological polar surface area (TPSA) is 71.4 Å². The molecule has 3 rings (SSSR count). The summed E-state index contributed by atoms with van der Waals surface area (Å²) in [5.74, 6) is -0.144. The van der Waals surface area contributed by atoms with Gasteiger partial charge >= 0.3 is 0 Å². The Labute approximate surface area is 144 Å². The second kappa shape index (κ2) is 6.52. The van der Waals surface area contributed by atoms with Crippen molar-refractivity contribution in [3.63, 3.8) is 0 Å². The third-order valence-electron chi connectivity index (χ3n) is 5.20. The third-order valence-corrected chi connectivity index (χ3v) is 6.88. The minimum absolute atomic E-state index is 0.0241. The first-order valence-corrected chi connectivity index (χ1v) is 10.3. The first kappa shape index (κ1) is 17.5. The number of carbonyl (C=O) groups is 1. The van der Waals surface area contributed by atoms with Crippen LogP contribution < -0.4 is 4.72 Å². The Bertz CT molecular complexity index is 740. The van der Waals surface area contributed by atoms with E-state index >= 15 is 0 Å². The highest BCUT2D eigenvalue weighted by molar-refractivity contribution is 7.89. The Hall–Kier alpha value is -1.34. The number of amides is 1. The summed E-state index contributed by atoms with van der Waals surface area (Å²) < 4.78 is 30.2. The van der Waals surface area contributed by atoms with Crippen LogP contribution in [0.3, 0.4) is 0 Å². The molecule has 2 fully saturated rings. The van der Waals surface area contributed by atoms with Gasteiger partial charge in [-0.05, 0) is 39.5 Å². The Kier molecular flexibility index (Phi) is 4.75. The zero-order valence-corrected chi connectivity index (χ0v) is 15.6. The number of sulfonamides is 1. The summed E-state index contributed by atoms with van der Waals surface area (Å²) in [6.45, 7) is 5.02. The smallest absolute Gasteiger partial charge is 0.257 e. The summed E-state index contributed by atoms with van der Waals surface area (Å²) in [5.41, 5.74) is 1.70. The van der Waals surface area contributed by atoms with Gasteiger partial charge in [-0.25, -0.2) is 13.1 Å². The highest BCUT2D eigenvalue weighted by Crippen LogP contribution is 2.30. The van der Waals surface area contributed by atoms with Crippen LogP contribution in [0.5, 0.6) is 0 Å². The molecule has 1 amide bonds. The van der Waals surface area contributed by atoms with Gasteiger partial charge in [0, 0.05) is 37.6 Å². The number of hydrogen-bond acceptors (Lipinski definition) is 3. The lowest BCUT2D eigenvalue weighted by molar-refractivity contribution is 0.0757. The molecule has 1 aromatic heterocycles. The van der Waals surface area contributed by atoms with Gasteiger partial charge in [0.15, 0.2) is 0 Å². The molecule has 1 aromatic rings. The highest BCUT2D eigenvalue weighted by Gasteiger charge is 2.36. The lowest BCUT2D eigenvalue weighted by Crippen LogP contribution is -2.34. The molecule has 1 aliphatic carbocycles. The van der Waals surface area contributed by atoms with Crippen molar-refractivity contribution >= 4 is 15.9 Å². The molecular formula is C17H27N3O3S. The van der Waals surface area contributed by atoms with E-state index < -0.39 is 10.0 Å². The van der Waals surface area contributed by atoms with Gasteiger partial charge in [0.05, 0.1) is 5.56 Å². The van der Waals surface area contributed by atoms with Gasteiger partial charge in [0.2, 0.25) is 10.0 Å². The van der Waals surface area contributed by atoms with Crippen LogP contribution in [0.2, 0.25) is 0 Å². The van der Waals surface area contributed by atoms with Crippen molar-refractivity contribution in [2.75, 3.05) is 13.1 Å². The van der Waals surface area contributed by atoms with E-state index in [4.69, 9.17) is 0 Å². The second-order valence-corrected chi connectivity index (χ2v) is 8.69. The van der Waals surface area contributed by atoms with E-state index in [2.05, 4.69) is 4.72 Å². The zero-order valence-electron chi connectivity index (χ0n) is 14.8. The summed E-state index contributed by atoms with van der Waals surface area (Å²) in [6, 6.07) is 0.0241. The summed E-state index contributed by atoms with van der Waals surface area (Å²) in [5, 5.41) is 0. The first-order chi connectivity index (χ1) is 11.3. The van der Waals surface area contributed by atoms with E-state index in [0.717, 1.165) is 44.2 Å². The molecule has 1 aliphatic heterocycles. The van der Waals surface area contributed by atoms with Gasteiger partial charge in [0.25, 0.3) is 5.91 Å². The van der Waals surface area contributed by atoms with Gasteiger partial charge in [-0.3, -0.25) is 4.79 Å². The van der Waals surface area contributed by atoms with E-state index in [1.54, 1.807) is 6.92 Å². The highest BCUT2D eigenvalue weighted by atomic mass is 32.2. The van der Waals surface area contributed by atoms with Crippen molar-refractivity contribution in [3.8, 4) is 0 Å². The second-order valence-electron chi connectivity index (χ2n) is 7.04. The third kappa shape index (κ3) is 3.24. The van der Waals surface area contributed by atoms with E-state index in [9.17, 15) is 13.2 Å². The number of carbonyl (C=O) groups excluding carboxylic acids is 1. The molecule has 7 heteroatoms. The quantitative estimate of drug-likeness (QED) is 0.901. The van der Waals surface area contributed by atoms with Crippen LogP contribution in [-0.2, 0) is 17.1 Å². The summed E-state index contributed by atoms with van der Waals surface area (Å²) in [7, 11) is -1.85. The van der Waals surface area contributed by atoms with Crippen LogP contribution in [0.1, 0.15) is 60.3 Å². The predicted molar refractivity (Wildman–Crippen MR) is 92.6 cm³/mol. The maximum absolute atomic E-state index is 13.1. The largest absolute Gasteiger partial charge is 0.350 e. The number of nitrogens with zero attached hydrogens (tertiary/aromatic N) is 2. The normalized spacial score (nSPS) is 19.4. The molecular weight excluding hydrogens is 326 g/mol. The lowest BCUT2D eigenvalue weighted by atomic mass is 10.2. The maximum Gasteiger partial charge on any atom is 0.257 e. The average Bonchev–Trinajstić information content (AvgIpc) is 3.32. The molecule has 2 heterocycles. The van der Waals surface area contributed by atoms with Crippen LogP contribution in [0.25, 0.3) is 0 Å². The molecule has 6 nitrogen and oxygen atoms in total. The number of aromatic nitrogens is 1. The van der Waals surface area contributed by atoms with Gasteiger partial charge in [0.1, 0.15) is 4.90 Å². The molecule has 24 heavy (non-hydrogen) atoms. The van der Waals surface area contributed by atoms with Crippen LogP contribution in [0.4, 0.5) is 0 Å². The van der Waals surface area contributed by atoms with E-state index in [-0.39, 0.29) is 16.8 Å². The Morgan fingerprint density at radius 1 is 1.04 bits per heavy atom. The van der Waals surface area contributed by atoms with E-state index in [1.807, 2.05) is 23.4 Å². The molecule has 0 atom stereocenters. The SMILES string of the molecule is Cc1c(C(=O)N2CCCCCC2)c(S(=O)(=O)NC2CC2)c(C)n1C. The van der Waals surface area contributed by atoms with Crippen molar-refractivity contribution in [3.05, 3.63) is 17.0 Å². The van der Waals surface area contributed by atoms with Crippen molar-refractivity contribution in [2.45, 2.75) is 63.3 Å². The number of nitrogens with one attached hydrogen (secondary N) is 1. The molecule has 1 N–H and O–H groups in total. The van der Waals surface area contributed by atoms with Crippen LogP contribution in [-0.4, -0.2) is 42.9 Å². The molecule has 0 spiro atoms. The van der Waals surface area contributed by atoms with Crippen LogP contribution >= 0.6 is 0 Å². The molecule has 1 saturated heterocycles. The van der Waals surface area contributed by atoms with E-state index in [1.165, 1.54) is 0 Å². The lowest BCUT2D eigenvalue weighted by Gasteiger charge is -2.21. The van der Waals surface area contributed by atoms with Gasteiger partial charge in [-0.15, -0.1) is 0 Å². The Balaban J connectivity index is 2.02. The number of rotatable bonds is 4. The number of hydrogen-bond donors (Lipinski definition) is 1. The van der Waals surface area contributed by atoms with E-state index in [0.29, 0.717) is 24.3 Å². The summed E-state index contributed by atoms with van der Waals surface area (Å²) in [6.07, 6.45) is 5.98. The molecule has 0 aromatic carbocycles. The van der Waals surface area contributed by atoms with Crippen LogP contribution in [0, 0.1) is 13.8 Å². The van der Waals surface area contributed by atoms with Crippen LogP contribution in [0.15, 0.2) is 4.90 Å². The molecule has 2 aliphatic rings. The fourth-order valence-electron chi connectivity index (χ4n) is 3.41. The van der Waals surface area contributed by atoms with Gasteiger partial charge in [-0.2, -0.15) is 0 Å². The fraction of sp³-hybridized carbons (Fsp3) is 0.706. The average molecular weight is 353 g/mol. The Morgan fingerprint density at radius 3 is 2.17 bits per heavy atom. The van der Waals surface area contributed by atoms with Gasteiger partial charge in [-0.1, -0.05) is 12.8 Å². The zero-order chi connectivity index (χ0) is 17.5. The Morgan fingerprint density at radius 2 is 1.62 bits per heavy atom. The minimum atomic E-state index is -3.67. The molecule has 134 valence electrons. The number of likely N-dealkylation sites (tertiary alicyclic amines) is 1. The summed E-state index contributed by atoms with van der Waals surface area (Å²) in [4.78, 5) is 15.1. The molecule has 0 unspecified atom stereocenters. The van der Waals surface area contributed by atoms with Crippen molar-refractivity contribution in [2.24, 2.45) is 7.05 Å². The van der Waals surface area contributed by atoms with Crippen molar-refractivity contribution in [1.82, 2.24) is 14.2 Å². The van der Waals surface area contributed by atoms with Crippen molar-refractivity contribution < 1.29 is 13.2 Å². The molecule has 0 bridgehead atoms. The predicted octanol–water partition coefficient (Wildman–Crippen LogP) is 2.10. The standard InChI is InChI=1S/C17H27N3O3S/c1-12-15(17(21)20-10-6-4-5-7-11-20)16(13(2)19(12)3)24(22,23)18-14-8-9-14/h14,18H,4-11H2,1-3H3. The molecule has 1 saturated carbocycles. The monoisotopic (exact) mass is 353 g/mol. The molecule has 0 radical (unpaired) electrons. The fourth-order valence-corrected chi connectivity index (χ4v) is 5.23. The summed E-state index contributed by atoms with van der Waals surface area (Å²) >= 11 is 0. The van der Waals surface area contributed by atoms with Gasteiger partial charge < -0.3 is 9.47 Å². The van der Waals surface area contributed by atoms with Crippen molar-refractivity contribution in [1.29, 1.82) is 0 Å². The minimum Gasteiger partial charge on any atom is -0.350 e.